The molecule has 0 saturated heterocycles. The summed E-state index contributed by atoms with van der Waals surface area (Å²) in [7, 11) is 0. The Morgan fingerprint density at radius 3 is 2.52 bits per heavy atom. The Bertz CT molecular complexity index is 693. The van der Waals surface area contributed by atoms with Crippen LogP contribution in [0.1, 0.15) is 24.3 Å². The fraction of sp³-hybridized carbons (Fsp3) is 0.267. The summed E-state index contributed by atoms with van der Waals surface area (Å²) in [4.78, 5) is 24.0. The monoisotopic (exact) mass is 287 g/mol. The fourth-order valence-electron chi connectivity index (χ4n) is 1.70. The van der Waals surface area contributed by atoms with Gasteiger partial charge in [-0.05, 0) is 32.0 Å². The van der Waals surface area contributed by atoms with E-state index in [0.29, 0.717) is 5.69 Å². The minimum Gasteiger partial charge on any atom is -0.394 e. The minimum absolute atomic E-state index is 0.111. The highest BCUT2D eigenvalue weighted by atomic mass is 16.3. The summed E-state index contributed by atoms with van der Waals surface area (Å²) in [5.41, 5.74) is -0.385. The predicted molar refractivity (Wildman–Crippen MR) is 78.5 cm³/mol. The summed E-state index contributed by atoms with van der Waals surface area (Å²) in [6.07, 6.45) is 0. The average molecular weight is 287 g/mol. The van der Waals surface area contributed by atoms with Crippen LogP contribution >= 0.6 is 0 Å². The molecule has 1 aromatic carbocycles. The van der Waals surface area contributed by atoms with Crippen molar-refractivity contribution >= 4 is 5.91 Å². The first kappa shape index (κ1) is 14.9. The first-order chi connectivity index (χ1) is 9.93. The molecule has 0 saturated carbocycles. The Balaban J connectivity index is 2.36. The van der Waals surface area contributed by atoms with E-state index in [1.807, 2.05) is 6.07 Å². The number of aliphatic hydroxyl groups is 1. The molecule has 2 aromatic rings. The molecule has 0 aliphatic heterocycles. The molecule has 0 aliphatic rings. The maximum absolute atomic E-state index is 12.1. The molecule has 1 aromatic heterocycles. The van der Waals surface area contributed by atoms with Crippen molar-refractivity contribution in [1.29, 1.82) is 0 Å². The first-order valence-corrected chi connectivity index (χ1v) is 6.52. The van der Waals surface area contributed by atoms with Gasteiger partial charge in [-0.3, -0.25) is 9.59 Å². The van der Waals surface area contributed by atoms with Crippen molar-refractivity contribution in [1.82, 2.24) is 15.1 Å². The Labute approximate surface area is 122 Å². The number of amides is 1. The number of aliphatic hydroxyl groups excluding tert-OH is 1. The van der Waals surface area contributed by atoms with E-state index < -0.39 is 11.4 Å². The number of carbonyl (C=O) groups is 1. The summed E-state index contributed by atoms with van der Waals surface area (Å²) in [5, 5.41) is 15.9. The zero-order valence-corrected chi connectivity index (χ0v) is 11.9. The number of carbonyl (C=O) groups excluding carboxylic acids is 1. The van der Waals surface area contributed by atoms with Gasteiger partial charge in [0.1, 0.15) is 5.69 Å². The quantitative estimate of drug-likeness (QED) is 0.868. The van der Waals surface area contributed by atoms with Crippen LogP contribution in [-0.4, -0.2) is 32.9 Å². The van der Waals surface area contributed by atoms with Crippen molar-refractivity contribution in [3.8, 4) is 5.69 Å². The molecule has 0 atom stereocenters. The number of benzene rings is 1. The van der Waals surface area contributed by atoms with Crippen molar-refractivity contribution in [2.24, 2.45) is 0 Å². The maximum atomic E-state index is 12.1. The van der Waals surface area contributed by atoms with E-state index in [2.05, 4.69) is 10.4 Å². The van der Waals surface area contributed by atoms with Gasteiger partial charge in [-0.15, -0.1) is 0 Å². The van der Waals surface area contributed by atoms with E-state index in [9.17, 15) is 14.7 Å². The molecule has 2 N–H and O–H groups in total. The van der Waals surface area contributed by atoms with Gasteiger partial charge in [0.25, 0.3) is 11.5 Å². The van der Waals surface area contributed by atoms with Gasteiger partial charge in [-0.1, -0.05) is 18.2 Å². The lowest BCUT2D eigenvalue weighted by atomic mass is 10.1. The molecule has 1 heterocycles. The van der Waals surface area contributed by atoms with Crippen LogP contribution < -0.4 is 10.9 Å². The van der Waals surface area contributed by atoms with Gasteiger partial charge in [0.15, 0.2) is 0 Å². The second-order valence-corrected chi connectivity index (χ2v) is 5.30. The van der Waals surface area contributed by atoms with E-state index in [4.69, 9.17) is 0 Å². The third-order valence-corrected chi connectivity index (χ3v) is 2.88. The molecule has 0 spiro atoms. The van der Waals surface area contributed by atoms with Gasteiger partial charge in [-0.25, -0.2) is 0 Å². The molecular weight excluding hydrogens is 270 g/mol. The molecule has 2 rings (SSSR count). The van der Waals surface area contributed by atoms with E-state index in [-0.39, 0.29) is 17.9 Å². The lowest BCUT2D eigenvalue weighted by molar-refractivity contribution is 0.0862. The van der Waals surface area contributed by atoms with Crippen LogP contribution in [0.2, 0.25) is 0 Å². The highest BCUT2D eigenvalue weighted by Gasteiger charge is 2.21. The number of hydrogen-bond acceptors (Lipinski definition) is 4. The highest BCUT2D eigenvalue weighted by molar-refractivity contribution is 5.92. The van der Waals surface area contributed by atoms with Crippen LogP contribution in [0, 0.1) is 0 Å². The van der Waals surface area contributed by atoms with Crippen molar-refractivity contribution in [3.05, 3.63) is 58.5 Å². The fourth-order valence-corrected chi connectivity index (χ4v) is 1.70. The van der Waals surface area contributed by atoms with Gasteiger partial charge in [0, 0.05) is 6.07 Å². The zero-order valence-electron chi connectivity index (χ0n) is 11.9. The van der Waals surface area contributed by atoms with Gasteiger partial charge >= 0.3 is 0 Å². The SMILES string of the molecule is CC(C)(CO)NC(=O)c1ccc(=O)n(-c2ccccc2)n1. The minimum atomic E-state index is -0.757. The van der Waals surface area contributed by atoms with E-state index >= 15 is 0 Å². The summed E-state index contributed by atoms with van der Waals surface area (Å²) >= 11 is 0. The Kier molecular flexibility index (Phi) is 4.18. The van der Waals surface area contributed by atoms with Crippen molar-refractivity contribution in [2.45, 2.75) is 19.4 Å². The zero-order chi connectivity index (χ0) is 15.5. The van der Waals surface area contributed by atoms with Gasteiger partial charge < -0.3 is 10.4 Å². The van der Waals surface area contributed by atoms with Crippen LogP contribution in [0.25, 0.3) is 5.69 Å². The summed E-state index contributed by atoms with van der Waals surface area (Å²) in [6, 6.07) is 11.5. The molecule has 1 amide bonds. The van der Waals surface area contributed by atoms with Crippen molar-refractivity contribution in [3.63, 3.8) is 0 Å². The lowest BCUT2D eigenvalue weighted by Crippen LogP contribution is -2.46. The third-order valence-electron chi connectivity index (χ3n) is 2.88. The molecule has 0 unspecified atom stereocenters. The van der Waals surface area contributed by atoms with Crippen LogP contribution in [-0.2, 0) is 0 Å². The topological polar surface area (TPSA) is 84.2 Å². The number of hydrogen-bond donors (Lipinski definition) is 2. The van der Waals surface area contributed by atoms with Gasteiger partial charge in [-0.2, -0.15) is 9.78 Å². The average Bonchev–Trinajstić information content (AvgIpc) is 2.48. The van der Waals surface area contributed by atoms with E-state index in [0.717, 1.165) is 0 Å². The van der Waals surface area contributed by atoms with Crippen LogP contribution in [0.3, 0.4) is 0 Å². The standard InChI is InChI=1S/C15H17N3O3/c1-15(2,10-19)16-14(21)12-8-9-13(20)18(17-12)11-6-4-3-5-7-11/h3-9,19H,10H2,1-2H3,(H,16,21). The van der Waals surface area contributed by atoms with E-state index in [1.54, 1.807) is 38.1 Å². The van der Waals surface area contributed by atoms with Gasteiger partial charge in [0.2, 0.25) is 0 Å². The number of para-hydroxylation sites is 1. The molecule has 6 heteroatoms. The smallest absolute Gasteiger partial charge is 0.272 e. The third kappa shape index (κ3) is 3.55. The molecule has 0 aliphatic carbocycles. The molecule has 21 heavy (non-hydrogen) atoms. The number of nitrogens with zero attached hydrogens (tertiary/aromatic N) is 2. The molecule has 0 radical (unpaired) electrons. The molecule has 110 valence electrons. The largest absolute Gasteiger partial charge is 0.394 e. The summed E-state index contributed by atoms with van der Waals surface area (Å²) < 4.78 is 1.17. The second-order valence-electron chi connectivity index (χ2n) is 5.30. The predicted octanol–water partition coefficient (Wildman–Crippen LogP) is 0.733. The van der Waals surface area contributed by atoms with Crippen LogP contribution in [0.5, 0.6) is 0 Å². The number of aromatic nitrogens is 2. The van der Waals surface area contributed by atoms with Gasteiger partial charge in [0.05, 0.1) is 17.8 Å². The summed E-state index contributed by atoms with van der Waals surface area (Å²) in [5.74, 6) is -0.446. The second kappa shape index (κ2) is 5.88. The number of nitrogens with one attached hydrogen (secondary N) is 1. The van der Waals surface area contributed by atoms with Crippen molar-refractivity contribution < 1.29 is 9.90 Å². The highest BCUT2D eigenvalue weighted by Crippen LogP contribution is 2.05. The molecule has 0 fully saturated rings. The Morgan fingerprint density at radius 2 is 1.90 bits per heavy atom. The Hall–Kier alpha value is -2.47. The van der Waals surface area contributed by atoms with Crippen LogP contribution in [0.15, 0.2) is 47.3 Å². The summed E-state index contributed by atoms with van der Waals surface area (Å²) in [6.45, 7) is 3.19. The Morgan fingerprint density at radius 1 is 1.24 bits per heavy atom. The van der Waals surface area contributed by atoms with Crippen LogP contribution in [0.4, 0.5) is 0 Å². The molecule has 0 bridgehead atoms. The molecular formula is C15H17N3O3. The lowest BCUT2D eigenvalue weighted by Gasteiger charge is -2.23. The molecule has 6 nitrogen and oxygen atoms in total. The first-order valence-electron chi connectivity index (χ1n) is 6.52. The normalized spacial score (nSPS) is 11.2. The maximum Gasteiger partial charge on any atom is 0.272 e. The number of rotatable bonds is 4. The van der Waals surface area contributed by atoms with E-state index in [1.165, 1.54) is 16.8 Å². The van der Waals surface area contributed by atoms with Crippen molar-refractivity contribution in [2.75, 3.05) is 6.61 Å².